The van der Waals surface area contributed by atoms with Crippen molar-refractivity contribution in [3.63, 3.8) is 0 Å². The van der Waals surface area contributed by atoms with Crippen LogP contribution in [0.1, 0.15) is 18.4 Å². The van der Waals surface area contributed by atoms with Gasteiger partial charge in [0.15, 0.2) is 0 Å². The van der Waals surface area contributed by atoms with Gasteiger partial charge in [0, 0.05) is 12.2 Å². The van der Waals surface area contributed by atoms with Crippen molar-refractivity contribution in [3.05, 3.63) is 91.0 Å². The molecule has 0 aliphatic carbocycles. The second-order valence-electron chi connectivity index (χ2n) is 10.9. The van der Waals surface area contributed by atoms with Crippen LogP contribution in [0.3, 0.4) is 0 Å². The maximum absolute atomic E-state index is 14.7. The number of amides is 2. The lowest BCUT2D eigenvalue weighted by Crippen LogP contribution is -2.59. The number of carbonyl (C=O) groups excluding carboxylic acids is 2. The van der Waals surface area contributed by atoms with Crippen LogP contribution in [0.2, 0.25) is 0 Å². The zero-order valence-corrected chi connectivity index (χ0v) is 22.1. The Morgan fingerprint density at radius 2 is 1.82 bits per heavy atom. The van der Waals surface area contributed by atoms with Gasteiger partial charge in [-0.1, -0.05) is 66.7 Å². The number of ether oxygens (including phenoxy) is 1. The molecule has 3 fully saturated rings. The Kier molecular flexibility index (Phi) is 6.68. The van der Waals surface area contributed by atoms with Gasteiger partial charge in [0.05, 0.1) is 30.6 Å². The first-order valence-corrected chi connectivity index (χ1v) is 13.7. The molecule has 2 amide bonds. The second kappa shape index (κ2) is 10.2. The molecule has 2 bridgehead atoms. The van der Waals surface area contributed by atoms with Gasteiger partial charge in [-0.15, -0.1) is 6.58 Å². The topological polar surface area (TPSA) is 107 Å². The van der Waals surface area contributed by atoms with Gasteiger partial charge in [-0.25, -0.2) is 0 Å². The van der Waals surface area contributed by atoms with Gasteiger partial charge in [-0.2, -0.15) is 0 Å². The molecule has 0 unspecified atom stereocenters. The van der Waals surface area contributed by atoms with Gasteiger partial charge in [0.1, 0.15) is 11.6 Å². The molecule has 206 valence electrons. The van der Waals surface area contributed by atoms with E-state index >= 15 is 0 Å². The van der Waals surface area contributed by atoms with Crippen molar-refractivity contribution in [2.75, 3.05) is 18.1 Å². The van der Waals surface area contributed by atoms with Crippen LogP contribution in [0.4, 0.5) is 5.69 Å². The highest BCUT2D eigenvalue weighted by Gasteiger charge is 2.75. The van der Waals surface area contributed by atoms with Crippen molar-refractivity contribution in [1.29, 1.82) is 0 Å². The maximum Gasteiger partial charge on any atom is 0.310 e. The number of anilines is 1. The smallest absolute Gasteiger partial charge is 0.310 e. The Bertz CT molecular complexity index is 1470. The molecule has 1 spiro atoms. The second-order valence-corrected chi connectivity index (χ2v) is 10.9. The van der Waals surface area contributed by atoms with E-state index in [1.54, 1.807) is 11.0 Å². The third-order valence-electron chi connectivity index (χ3n) is 8.80. The van der Waals surface area contributed by atoms with E-state index in [0.717, 1.165) is 16.3 Å². The molecule has 40 heavy (non-hydrogen) atoms. The summed E-state index contributed by atoms with van der Waals surface area (Å²) in [5, 5.41) is 22.6. The van der Waals surface area contributed by atoms with Gasteiger partial charge >= 0.3 is 5.97 Å². The number of aliphatic hydroxyl groups excluding tert-OH is 1. The van der Waals surface area contributed by atoms with Crippen LogP contribution < -0.4 is 4.90 Å². The molecule has 3 aliphatic rings. The highest BCUT2D eigenvalue weighted by molar-refractivity contribution is 6.05. The molecule has 6 rings (SSSR count). The summed E-state index contributed by atoms with van der Waals surface area (Å²) in [6.45, 7) is 3.66. The molecule has 0 saturated carbocycles. The number of nitrogens with zero attached hydrogens (tertiary/aromatic N) is 2. The summed E-state index contributed by atoms with van der Waals surface area (Å²) < 4.78 is 6.37. The molecule has 0 aromatic heterocycles. The largest absolute Gasteiger partial charge is 0.481 e. The van der Waals surface area contributed by atoms with E-state index in [-0.39, 0.29) is 19.1 Å². The summed E-state index contributed by atoms with van der Waals surface area (Å²) in [5.74, 6) is -3.95. The highest BCUT2D eigenvalue weighted by Crippen LogP contribution is 2.59. The summed E-state index contributed by atoms with van der Waals surface area (Å²) in [4.78, 5) is 44.2. The number of carboxylic acids is 1. The fraction of sp³-hybridized carbons (Fsp3) is 0.344. The van der Waals surface area contributed by atoms with Crippen LogP contribution in [0.25, 0.3) is 10.8 Å². The van der Waals surface area contributed by atoms with E-state index in [2.05, 4.69) is 6.58 Å². The van der Waals surface area contributed by atoms with Gasteiger partial charge in [-0.3, -0.25) is 14.4 Å². The predicted molar refractivity (Wildman–Crippen MR) is 150 cm³/mol. The summed E-state index contributed by atoms with van der Waals surface area (Å²) in [5.41, 5.74) is 0.261. The summed E-state index contributed by atoms with van der Waals surface area (Å²) in [6.07, 6.45) is 2.17. The Morgan fingerprint density at radius 1 is 1.10 bits per heavy atom. The number of hydrogen-bond donors (Lipinski definition) is 2. The molecule has 0 radical (unpaired) electrons. The van der Waals surface area contributed by atoms with Gasteiger partial charge in [-0.05, 0) is 47.7 Å². The quantitative estimate of drug-likeness (QED) is 0.403. The first-order chi connectivity index (χ1) is 19.4. The number of aliphatic carboxylic acids is 1. The number of benzene rings is 3. The van der Waals surface area contributed by atoms with Crippen molar-refractivity contribution in [2.24, 2.45) is 11.8 Å². The van der Waals surface area contributed by atoms with E-state index in [0.29, 0.717) is 24.9 Å². The van der Waals surface area contributed by atoms with E-state index in [9.17, 15) is 24.6 Å². The zero-order chi connectivity index (χ0) is 28.0. The SMILES string of the molecule is C=CCN(C(=O)[C@@H]1N([C@@H](CO)Cc2ccccc2)C(=O)[C@H]2[C@H](C(=O)O)[C@@H]3CC[C@]12O3)c1ccc2ccccc2c1. The standard InChI is InChI=1S/C32H32N2O6/c1-2-16-33(23-13-12-21-10-6-7-11-22(21)18-23)30(37)28-32-15-14-25(40-32)26(31(38)39)27(32)29(36)34(28)24(19-35)17-20-8-4-3-5-9-20/h2-13,18,24-28,35H,1,14-17,19H2,(H,38,39)/t24-,25+,26-,27-,28+,32-/m1/s1. The lowest BCUT2D eigenvalue weighted by molar-refractivity contribution is -0.151. The average molecular weight is 541 g/mol. The minimum absolute atomic E-state index is 0.185. The highest BCUT2D eigenvalue weighted by atomic mass is 16.5. The number of likely N-dealkylation sites (tertiary alicyclic amines) is 1. The van der Waals surface area contributed by atoms with E-state index in [4.69, 9.17) is 4.74 Å². The fourth-order valence-corrected chi connectivity index (χ4v) is 7.13. The number of aliphatic hydroxyl groups is 1. The molecule has 3 saturated heterocycles. The van der Waals surface area contributed by atoms with Crippen LogP contribution in [-0.2, 0) is 25.5 Å². The van der Waals surface area contributed by atoms with Crippen LogP contribution in [0.15, 0.2) is 85.5 Å². The Labute approximate surface area is 232 Å². The lowest BCUT2D eigenvalue weighted by Gasteiger charge is -2.39. The summed E-state index contributed by atoms with van der Waals surface area (Å²) in [7, 11) is 0. The van der Waals surface area contributed by atoms with E-state index < -0.39 is 47.5 Å². The van der Waals surface area contributed by atoms with Crippen molar-refractivity contribution in [1.82, 2.24) is 4.90 Å². The van der Waals surface area contributed by atoms with Gasteiger partial charge in [0.25, 0.3) is 5.91 Å². The minimum Gasteiger partial charge on any atom is -0.481 e. The molecule has 6 atom stereocenters. The number of hydrogen-bond acceptors (Lipinski definition) is 5. The molecule has 3 aromatic rings. The normalized spacial score (nSPS) is 27.5. The first kappa shape index (κ1) is 26.2. The molecule has 3 heterocycles. The number of fused-ring (bicyclic) bond motifs is 2. The summed E-state index contributed by atoms with van der Waals surface area (Å²) >= 11 is 0. The Hall–Kier alpha value is -4.01. The number of carboxylic acid groups (broad SMARTS) is 1. The van der Waals surface area contributed by atoms with Crippen molar-refractivity contribution < 1.29 is 29.3 Å². The van der Waals surface area contributed by atoms with Crippen LogP contribution >= 0.6 is 0 Å². The van der Waals surface area contributed by atoms with Crippen LogP contribution in [-0.4, -0.2) is 69.8 Å². The molecule has 8 nitrogen and oxygen atoms in total. The van der Waals surface area contributed by atoms with Crippen molar-refractivity contribution >= 4 is 34.2 Å². The molecule has 2 N–H and O–H groups in total. The van der Waals surface area contributed by atoms with E-state index in [1.165, 1.54) is 4.90 Å². The van der Waals surface area contributed by atoms with Gasteiger partial charge in [0.2, 0.25) is 5.91 Å². The zero-order valence-electron chi connectivity index (χ0n) is 22.1. The molecule has 3 aromatic carbocycles. The lowest BCUT2D eigenvalue weighted by atomic mass is 9.70. The average Bonchev–Trinajstić information content (AvgIpc) is 3.62. The Morgan fingerprint density at radius 3 is 2.52 bits per heavy atom. The number of carbonyl (C=O) groups is 3. The molecule has 8 heteroatoms. The van der Waals surface area contributed by atoms with E-state index in [1.807, 2.05) is 72.8 Å². The van der Waals surface area contributed by atoms with Gasteiger partial charge < -0.3 is 24.7 Å². The maximum atomic E-state index is 14.7. The summed E-state index contributed by atoms with van der Waals surface area (Å²) in [6, 6.07) is 21.2. The molecular formula is C32H32N2O6. The first-order valence-electron chi connectivity index (χ1n) is 13.7. The molecule has 3 aliphatic heterocycles. The molecular weight excluding hydrogens is 508 g/mol. The number of rotatable bonds is 9. The van der Waals surface area contributed by atoms with Crippen LogP contribution in [0, 0.1) is 11.8 Å². The third kappa shape index (κ3) is 4.01. The predicted octanol–water partition coefficient (Wildman–Crippen LogP) is 3.42. The van der Waals surface area contributed by atoms with Crippen molar-refractivity contribution in [3.8, 4) is 0 Å². The minimum atomic E-state index is -1.28. The monoisotopic (exact) mass is 540 g/mol. The Balaban J connectivity index is 1.45. The third-order valence-corrected chi connectivity index (χ3v) is 8.80. The fourth-order valence-electron chi connectivity index (χ4n) is 7.13. The van der Waals surface area contributed by atoms with Crippen LogP contribution in [0.5, 0.6) is 0 Å². The van der Waals surface area contributed by atoms with Crippen molar-refractivity contribution in [2.45, 2.75) is 43.1 Å².